The first-order valence-electron chi connectivity index (χ1n) is 9.92. The summed E-state index contributed by atoms with van der Waals surface area (Å²) in [7, 11) is 0. The molecule has 0 aliphatic heterocycles. The maximum absolute atomic E-state index is 12.6. The number of hydrogen-bond acceptors (Lipinski definition) is 5. The molecule has 0 radical (unpaired) electrons. The van der Waals surface area contributed by atoms with Crippen LogP contribution in [0.5, 0.6) is 5.75 Å². The second-order valence-electron chi connectivity index (χ2n) is 7.46. The molecule has 30 heavy (non-hydrogen) atoms. The number of nitrogens with zero attached hydrogens (tertiary/aromatic N) is 1. The van der Waals surface area contributed by atoms with Crippen LogP contribution in [0.3, 0.4) is 0 Å². The van der Waals surface area contributed by atoms with E-state index in [1.54, 1.807) is 11.3 Å². The largest absolute Gasteiger partial charge is 0.482 e. The standard InChI is InChI=1S/C24H27NO4S/c1-16-10-17(2)12-20(11-16)28-15-24(27)29-14-23(26)22-13-18(3)25(19(22)4)8-7-21-6-5-9-30-21/h5-6,9-13H,7-8,14-15H2,1-4H3. The van der Waals surface area contributed by atoms with Gasteiger partial charge in [0.05, 0.1) is 0 Å². The van der Waals surface area contributed by atoms with Gasteiger partial charge in [-0.2, -0.15) is 0 Å². The zero-order valence-corrected chi connectivity index (χ0v) is 18.7. The second-order valence-corrected chi connectivity index (χ2v) is 8.49. The molecule has 0 aliphatic carbocycles. The van der Waals surface area contributed by atoms with Gasteiger partial charge in [0.1, 0.15) is 5.75 Å². The molecule has 5 nitrogen and oxygen atoms in total. The molecule has 6 heteroatoms. The van der Waals surface area contributed by atoms with Crippen LogP contribution in [0.2, 0.25) is 0 Å². The molecule has 0 amide bonds. The molecule has 1 aromatic carbocycles. The van der Waals surface area contributed by atoms with Crippen molar-refractivity contribution in [3.05, 3.63) is 74.7 Å². The third-order valence-corrected chi connectivity index (χ3v) is 5.89. The van der Waals surface area contributed by atoms with Crippen LogP contribution >= 0.6 is 11.3 Å². The predicted molar refractivity (Wildman–Crippen MR) is 119 cm³/mol. The highest BCUT2D eigenvalue weighted by molar-refractivity contribution is 7.09. The minimum Gasteiger partial charge on any atom is -0.482 e. The molecule has 0 bridgehead atoms. The molecule has 2 aromatic heterocycles. The van der Waals surface area contributed by atoms with Crippen LogP contribution < -0.4 is 4.74 Å². The van der Waals surface area contributed by atoms with Gasteiger partial charge in [0.25, 0.3) is 0 Å². The number of thiophene rings is 1. The number of benzene rings is 1. The minimum atomic E-state index is -0.561. The van der Waals surface area contributed by atoms with Crippen molar-refractivity contribution >= 4 is 23.1 Å². The number of rotatable bonds is 9. The summed E-state index contributed by atoms with van der Waals surface area (Å²) in [6, 6.07) is 11.8. The smallest absolute Gasteiger partial charge is 0.344 e. The van der Waals surface area contributed by atoms with E-state index in [1.165, 1.54) is 4.88 Å². The van der Waals surface area contributed by atoms with Gasteiger partial charge in [-0.3, -0.25) is 4.79 Å². The van der Waals surface area contributed by atoms with Gasteiger partial charge in [-0.25, -0.2) is 4.79 Å². The van der Waals surface area contributed by atoms with Crippen molar-refractivity contribution in [2.24, 2.45) is 0 Å². The highest BCUT2D eigenvalue weighted by Gasteiger charge is 2.17. The van der Waals surface area contributed by atoms with E-state index in [9.17, 15) is 9.59 Å². The summed E-state index contributed by atoms with van der Waals surface area (Å²) < 4.78 is 12.8. The normalized spacial score (nSPS) is 10.8. The van der Waals surface area contributed by atoms with Crippen LogP contribution in [-0.2, 0) is 22.5 Å². The van der Waals surface area contributed by atoms with E-state index in [2.05, 4.69) is 16.0 Å². The van der Waals surface area contributed by atoms with Crippen molar-refractivity contribution in [1.29, 1.82) is 0 Å². The third-order valence-electron chi connectivity index (χ3n) is 4.95. The first-order valence-corrected chi connectivity index (χ1v) is 10.8. The SMILES string of the molecule is Cc1cc(C)cc(OCC(=O)OCC(=O)c2cc(C)n(CCc3cccs3)c2C)c1. The number of esters is 1. The number of hydrogen-bond donors (Lipinski definition) is 0. The maximum Gasteiger partial charge on any atom is 0.344 e. The zero-order valence-electron chi connectivity index (χ0n) is 17.9. The highest BCUT2D eigenvalue weighted by Crippen LogP contribution is 2.19. The Kier molecular flexibility index (Phi) is 7.11. The summed E-state index contributed by atoms with van der Waals surface area (Å²) in [6.07, 6.45) is 0.923. The van der Waals surface area contributed by atoms with Crippen LogP contribution in [0.15, 0.2) is 41.8 Å². The van der Waals surface area contributed by atoms with Crippen molar-refractivity contribution in [2.45, 2.75) is 40.7 Å². The van der Waals surface area contributed by atoms with Crippen molar-refractivity contribution < 1.29 is 19.1 Å². The fraction of sp³-hybridized carbons (Fsp3) is 0.333. The van der Waals surface area contributed by atoms with Crippen LogP contribution in [0, 0.1) is 27.7 Å². The topological polar surface area (TPSA) is 57.5 Å². The van der Waals surface area contributed by atoms with E-state index in [0.717, 1.165) is 35.5 Å². The lowest BCUT2D eigenvalue weighted by Crippen LogP contribution is -2.20. The summed E-state index contributed by atoms with van der Waals surface area (Å²) in [5.74, 6) is -0.149. The molecule has 3 aromatic rings. The first-order chi connectivity index (χ1) is 14.3. The van der Waals surface area contributed by atoms with Gasteiger partial charge in [0.2, 0.25) is 5.78 Å². The third kappa shape index (κ3) is 5.60. The number of ketones is 1. The second kappa shape index (κ2) is 9.76. The quantitative estimate of drug-likeness (QED) is 0.364. The molecule has 3 rings (SSSR count). The Morgan fingerprint density at radius 3 is 2.40 bits per heavy atom. The molecule has 0 fully saturated rings. The summed E-state index contributed by atoms with van der Waals surface area (Å²) in [4.78, 5) is 25.9. The fourth-order valence-electron chi connectivity index (χ4n) is 3.53. The number of carbonyl (C=O) groups is 2. The molecule has 0 unspecified atom stereocenters. The van der Waals surface area contributed by atoms with Crippen molar-refractivity contribution in [3.8, 4) is 5.75 Å². The van der Waals surface area contributed by atoms with E-state index < -0.39 is 5.97 Å². The number of aromatic nitrogens is 1. The van der Waals surface area contributed by atoms with E-state index in [-0.39, 0.29) is 19.0 Å². The van der Waals surface area contributed by atoms with Crippen LogP contribution in [-0.4, -0.2) is 29.5 Å². The molecule has 0 saturated carbocycles. The van der Waals surface area contributed by atoms with E-state index >= 15 is 0 Å². The average Bonchev–Trinajstić information content (AvgIpc) is 3.30. The fourth-order valence-corrected chi connectivity index (χ4v) is 4.23. The number of ether oxygens (including phenoxy) is 2. The van der Waals surface area contributed by atoms with Crippen molar-refractivity contribution in [1.82, 2.24) is 4.57 Å². The Hall–Kier alpha value is -2.86. The summed E-state index contributed by atoms with van der Waals surface area (Å²) in [5.41, 5.74) is 4.64. The molecule has 0 spiro atoms. The van der Waals surface area contributed by atoms with Gasteiger partial charge in [0.15, 0.2) is 13.2 Å². The van der Waals surface area contributed by atoms with Gasteiger partial charge in [0, 0.05) is 28.4 Å². The number of aryl methyl sites for hydroxylation is 4. The first kappa shape index (κ1) is 21.8. The Morgan fingerprint density at radius 1 is 1.00 bits per heavy atom. The van der Waals surface area contributed by atoms with Crippen molar-refractivity contribution in [3.63, 3.8) is 0 Å². The molecule has 0 N–H and O–H groups in total. The molecular weight excluding hydrogens is 398 g/mol. The van der Waals surface area contributed by atoms with Crippen molar-refractivity contribution in [2.75, 3.05) is 13.2 Å². The predicted octanol–water partition coefficient (Wildman–Crippen LogP) is 4.83. The summed E-state index contributed by atoms with van der Waals surface area (Å²) in [5, 5.41) is 2.07. The Balaban J connectivity index is 1.52. The van der Waals surface area contributed by atoms with Gasteiger partial charge in [-0.05, 0) is 74.9 Å². The molecule has 0 atom stereocenters. The summed E-state index contributed by atoms with van der Waals surface area (Å²) >= 11 is 1.73. The lowest BCUT2D eigenvalue weighted by molar-refractivity contribution is -0.144. The Morgan fingerprint density at radius 2 is 1.73 bits per heavy atom. The monoisotopic (exact) mass is 425 g/mol. The Labute approximate surface area is 181 Å². The Bertz CT molecular complexity index is 1010. The lowest BCUT2D eigenvalue weighted by atomic mass is 10.1. The lowest BCUT2D eigenvalue weighted by Gasteiger charge is -2.10. The maximum atomic E-state index is 12.6. The molecule has 0 aliphatic rings. The van der Waals surface area contributed by atoms with Gasteiger partial charge >= 0.3 is 5.97 Å². The molecular formula is C24H27NO4S. The van der Waals surface area contributed by atoms with Gasteiger partial charge in [-0.1, -0.05) is 12.1 Å². The number of Topliss-reactive ketones (excluding diaryl/α,β-unsaturated/α-hetero) is 1. The van der Waals surface area contributed by atoms with E-state index in [1.807, 2.05) is 58.0 Å². The van der Waals surface area contributed by atoms with Gasteiger partial charge in [-0.15, -0.1) is 11.3 Å². The van der Waals surface area contributed by atoms with Crippen LogP contribution in [0.4, 0.5) is 0 Å². The average molecular weight is 426 g/mol. The molecule has 0 saturated heterocycles. The minimum absolute atomic E-state index is 0.203. The highest BCUT2D eigenvalue weighted by atomic mass is 32.1. The van der Waals surface area contributed by atoms with E-state index in [0.29, 0.717) is 11.3 Å². The van der Waals surface area contributed by atoms with Crippen LogP contribution in [0.1, 0.15) is 37.7 Å². The van der Waals surface area contributed by atoms with Gasteiger partial charge < -0.3 is 14.0 Å². The zero-order chi connectivity index (χ0) is 21.7. The van der Waals surface area contributed by atoms with Crippen LogP contribution in [0.25, 0.3) is 0 Å². The molecule has 2 heterocycles. The summed E-state index contributed by atoms with van der Waals surface area (Å²) in [6.45, 7) is 8.15. The van der Waals surface area contributed by atoms with E-state index in [4.69, 9.17) is 9.47 Å². The number of carbonyl (C=O) groups excluding carboxylic acids is 2. The molecule has 158 valence electrons.